The van der Waals surface area contributed by atoms with Crippen LogP contribution in [0.1, 0.15) is 36.8 Å². The lowest BCUT2D eigenvalue weighted by Gasteiger charge is -2.33. The number of amides is 3. The number of hydrogen-bond donors (Lipinski definition) is 3. The van der Waals surface area contributed by atoms with E-state index in [1.165, 1.54) is 23.1 Å². The first kappa shape index (κ1) is 29.5. The van der Waals surface area contributed by atoms with Crippen molar-refractivity contribution >= 4 is 64.2 Å². The number of aromatic nitrogens is 1. The lowest BCUT2D eigenvalue weighted by molar-refractivity contribution is -0.119. The minimum Gasteiger partial charge on any atom is -0.443 e. The second-order valence-electron chi connectivity index (χ2n) is 9.15. The molecule has 0 aliphatic carbocycles. The van der Waals surface area contributed by atoms with Gasteiger partial charge in [0.15, 0.2) is 4.34 Å². The number of benzene rings is 1. The predicted molar refractivity (Wildman–Crippen MR) is 144 cm³/mol. The number of nitrogens with one attached hydrogen (secondary N) is 3. The van der Waals surface area contributed by atoms with Crippen LogP contribution in [0, 0.1) is 0 Å². The molecule has 1 aliphatic heterocycles. The van der Waals surface area contributed by atoms with Crippen molar-refractivity contribution in [2.75, 3.05) is 32.0 Å². The quantitative estimate of drug-likeness (QED) is 0.314. The molecule has 37 heavy (non-hydrogen) atoms. The second-order valence-corrected chi connectivity index (χ2v) is 12.0. The summed E-state index contributed by atoms with van der Waals surface area (Å²) in [6, 6.07) is 5.59. The summed E-state index contributed by atoms with van der Waals surface area (Å²) in [5.74, 6) is -0.606. The standard InChI is InChI=1S/C23H29Cl2N5O5S2/c1-23(2,3)35-21(33)29-28-20(32)18-12-36-22(27-18)37-13-19(31)26-9-15-11-30(6-7-34-15)10-14-4-5-16(24)17(25)8-14/h4-5,8,12,15H,6-7,9-11,13H2,1-3H3,(H,26,31)(H,28,32)(H,29,33). The average Bonchev–Trinajstić information content (AvgIpc) is 3.31. The topological polar surface area (TPSA) is 122 Å². The molecule has 0 spiro atoms. The van der Waals surface area contributed by atoms with Crippen LogP contribution in [0.25, 0.3) is 0 Å². The zero-order valence-corrected chi connectivity index (χ0v) is 23.8. The maximum Gasteiger partial charge on any atom is 0.426 e. The number of nitrogens with zero attached hydrogens (tertiary/aromatic N) is 2. The summed E-state index contributed by atoms with van der Waals surface area (Å²) in [6.07, 6.45) is -0.903. The maximum absolute atomic E-state index is 12.3. The van der Waals surface area contributed by atoms with Crippen LogP contribution in [0.2, 0.25) is 10.0 Å². The third kappa shape index (κ3) is 10.3. The third-order valence-corrected chi connectivity index (χ3v) is 7.62. The Balaban J connectivity index is 1.36. The number of halogens is 2. The second kappa shape index (κ2) is 13.6. The Morgan fingerprint density at radius 2 is 2.03 bits per heavy atom. The number of morpholine rings is 1. The lowest BCUT2D eigenvalue weighted by atomic mass is 10.2. The Labute approximate surface area is 233 Å². The monoisotopic (exact) mass is 589 g/mol. The van der Waals surface area contributed by atoms with E-state index in [1.807, 2.05) is 12.1 Å². The minimum atomic E-state index is -0.776. The van der Waals surface area contributed by atoms with Crippen LogP contribution in [-0.4, -0.2) is 71.5 Å². The SMILES string of the molecule is CC(C)(C)OC(=O)NNC(=O)c1csc(SCC(=O)NCC2CN(Cc3ccc(Cl)c(Cl)c3)CCO2)n1. The number of ether oxygens (including phenoxy) is 2. The fourth-order valence-electron chi connectivity index (χ4n) is 3.25. The Morgan fingerprint density at radius 3 is 2.76 bits per heavy atom. The Morgan fingerprint density at radius 1 is 1.24 bits per heavy atom. The van der Waals surface area contributed by atoms with Crippen molar-refractivity contribution in [3.05, 3.63) is 44.9 Å². The Kier molecular flexibility index (Phi) is 10.9. The highest BCUT2D eigenvalue weighted by molar-refractivity contribution is 8.01. The number of thioether (sulfide) groups is 1. The molecule has 202 valence electrons. The van der Waals surface area contributed by atoms with E-state index in [0.717, 1.165) is 12.1 Å². The number of rotatable bonds is 8. The number of carbonyl (C=O) groups excluding carboxylic acids is 3. The van der Waals surface area contributed by atoms with Crippen molar-refractivity contribution in [1.29, 1.82) is 0 Å². The molecule has 14 heteroatoms. The van der Waals surface area contributed by atoms with Gasteiger partial charge in [0.05, 0.1) is 28.5 Å². The van der Waals surface area contributed by atoms with Gasteiger partial charge in [-0.1, -0.05) is 41.0 Å². The van der Waals surface area contributed by atoms with Gasteiger partial charge in [-0.3, -0.25) is 19.9 Å². The average molecular weight is 591 g/mol. The molecule has 0 saturated carbocycles. The predicted octanol–water partition coefficient (Wildman–Crippen LogP) is 3.73. The first-order chi connectivity index (χ1) is 17.5. The summed E-state index contributed by atoms with van der Waals surface area (Å²) in [5.41, 5.74) is 4.92. The molecule has 1 saturated heterocycles. The highest BCUT2D eigenvalue weighted by Crippen LogP contribution is 2.24. The Bertz CT molecular complexity index is 1110. The van der Waals surface area contributed by atoms with E-state index >= 15 is 0 Å². The van der Waals surface area contributed by atoms with Gasteiger partial charge in [-0.05, 0) is 38.5 Å². The zero-order valence-electron chi connectivity index (χ0n) is 20.6. The minimum absolute atomic E-state index is 0.127. The van der Waals surface area contributed by atoms with E-state index in [-0.39, 0.29) is 23.5 Å². The first-order valence-electron chi connectivity index (χ1n) is 11.4. The molecule has 0 radical (unpaired) electrons. The van der Waals surface area contributed by atoms with Gasteiger partial charge in [0, 0.05) is 31.6 Å². The molecule has 3 amide bonds. The summed E-state index contributed by atoms with van der Waals surface area (Å²) in [6.45, 7) is 8.28. The molecule has 1 fully saturated rings. The fourth-order valence-corrected chi connectivity index (χ4v) is 5.21. The maximum atomic E-state index is 12.3. The van der Waals surface area contributed by atoms with Gasteiger partial charge >= 0.3 is 6.09 Å². The van der Waals surface area contributed by atoms with Crippen LogP contribution in [0.15, 0.2) is 27.9 Å². The van der Waals surface area contributed by atoms with Crippen LogP contribution in [0.5, 0.6) is 0 Å². The molecule has 1 unspecified atom stereocenters. The summed E-state index contributed by atoms with van der Waals surface area (Å²) < 4.78 is 11.4. The molecule has 0 bridgehead atoms. The van der Waals surface area contributed by atoms with Gasteiger partial charge < -0.3 is 14.8 Å². The van der Waals surface area contributed by atoms with Gasteiger partial charge in [-0.2, -0.15) is 0 Å². The van der Waals surface area contributed by atoms with Gasteiger partial charge in [0.2, 0.25) is 5.91 Å². The van der Waals surface area contributed by atoms with Crippen LogP contribution < -0.4 is 16.2 Å². The molecule has 1 atom stereocenters. The smallest absolute Gasteiger partial charge is 0.426 e. The highest BCUT2D eigenvalue weighted by atomic mass is 35.5. The van der Waals surface area contributed by atoms with Crippen molar-refractivity contribution < 1.29 is 23.9 Å². The van der Waals surface area contributed by atoms with Crippen LogP contribution in [-0.2, 0) is 20.8 Å². The Hall–Kier alpha value is -2.09. The largest absolute Gasteiger partial charge is 0.443 e. The highest BCUT2D eigenvalue weighted by Gasteiger charge is 2.22. The van der Waals surface area contributed by atoms with E-state index in [4.69, 9.17) is 32.7 Å². The number of carbonyl (C=O) groups is 3. The molecule has 3 N–H and O–H groups in total. The molecular weight excluding hydrogens is 561 g/mol. The number of thiazole rings is 1. The van der Waals surface area contributed by atoms with Crippen LogP contribution in [0.3, 0.4) is 0 Å². The fraction of sp³-hybridized carbons (Fsp3) is 0.478. The van der Waals surface area contributed by atoms with Crippen molar-refractivity contribution in [2.45, 2.75) is 43.4 Å². The lowest BCUT2D eigenvalue weighted by Crippen LogP contribution is -2.47. The van der Waals surface area contributed by atoms with E-state index in [9.17, 15) is 14.4 Å². The molecule has 1 aliphatic rings. The van der Waals surface area contributed by atoms with Crippen molar-refractivity contribution in [3.63, 3.8) is 0 Å². The summed E-state index contributed by atoms with van der Waals surface area (Å²) in [7, 11) is 0. The van der Waals surface area contributed by atoms with E-state index in [2.05, 4.69) is 26.1 Å². The molecule has 1 aromatic carbocycles. The molecule has 2 heterocycles. The van der Waals surface area contributed by atoms with E-state index < -0.39 is 17.6 Å². The van der Waals surface area contributed by atoms with Gasteiger partial charge in [0.1, 0.15) is 11.3 Å². The van der Waals surface area contributed by atoms with E-state index in [0.29, 0.717) is 40.6 Å². The number of hydrogen-bond acceptors (Lipinski definition) is 9. The summed E-state index contributed by atoms with van der Waals surface area (Å²) >= 11 is 14.6. The van der Waals surface area contributed by atoms with Crippen molar-refractivity contribution in [2.24, 2.45) is 0 Å². The van der Waals surface area contributed by atoms with Crippen molar-refractivity contribution in [3.8, 4) is 0 Å². The van der Waals surface area contributed by atoms with Crippen molar-refractivity contribution in [1.82, 2.24) is 26.1 Å². The molecule has 2 aromatic rings. The van der Waals surface area contributed by atoms with Crippen LogP contribution in [0.4, 0.5) is 4.79 Å². The van der Waals surface area contributed by atoms with Crippen LogP contribution >= 0.6 is 46.3 Å². The van der Waals surface area contributed by atoms with Gasteiger partial charge in [-0.25, -0.2) is 15.2 Å². The molecule has 3 rings (SSSR count). The summed E-state index contributed by atoms with van der Waals surface area (Å²) in [4.78, 5) is 42.6. The molecule has 1 aromatic heterocycles. The zero-order chi connectivity index (χ0) is 27.0. The van der Waals surface area contributed by atoms with Gasteiger partial charge in [-0.15, -0.1) is 11.3 Å². The third-order valence-electron chi connectivity index (χ3n) is 4.86. The normalized spacial score (nSPS) is 16.2. The summed E-state index contributed by atoms with van der Waals surface area (Å²) in [5, 5.41) is 5.49. The van der Waals surface area contributed by atoms with E-state index in [1.54, 1.807) is 32.2 Å². The van der Waals surface area contributed by atoms with Gasteiger partial charge in [0.25, 0.3) is 5.91 Å². The first-order valence-corrected chi connectivity index (χ1v) is 14.0. The number of hydrazine groups is 1. The molecule has 10 nitrogen and oxygen atoms in total. The molecular formula is C23H29Cl2N5O5S2.